The molecule has 0 aliphatic heterocycles. The molecule has 0 radical (unpaired) electrons. The summed E-state index contributed by atoms with van der Waals surface area (Å²) in [5.74, 6) is 0.336. The van der Waals surface area contributed by atoms with Crippen LogP contribution in [0.3, 0.4) is 0 Å². The standard InChI is InChI=1S/C16H21NO3.ClH/c1-11(2)8-9-16(17-20-3)13-7-5-4-6-12(13)14(18)10-15(16)19;/h4-7,10-11,17,19H,8-9H2,1-3H3;1H/t16-;/m1./s1. The van der Waals surface area contributed by atoms with Gasteiger partial charge in [0, 0.05) is 11.6 Å². The maximum Gasteiger partial charge on any atom is 0.189 e. The Kier molecular flexibility index (Phi) is 5.96. The van der Waals surface area contributed by atoms with Crippen molar-refractivity contribution in [3.05, 3.63) is 47.2 Å². The third-order valence-electron chi connectivity index (χ3n) is 3.73. The van der Waals surface area contributed by atoms with E-state index in [1.165, 1.54) is 13.2 Å². The van der Waals surface area contributed by atoms with E-state index in [1.54, 1.807) is 6.07 Å². The molecular formula is C16H22ClNO3. The molecule has 1 aliphatic rings. The highest BCUT2D eigenvalue weighted by Crippen LogP contribution is 2.39. The molecule has 0 aromatic heterocycles. The van der Waals surface area contributed by atoms with E-state index in [4.69, 9.17) is 4.84 Å². The van der Waals surface area contributed by atoms with Crippen molar-refractivity contribution >= 4 is 18.2 Å². The number of rotatable bonds is 5. The predicted octanol–water partition coefficient (Wildman–Crippen LogP) is 3.53. The highest BCUT2D eigenvalue weighted by Gasteiger charge is 2.42. The molecule has 2 N–H and O–H groups in total. The molecule has 21 heavy (non-hydrogen) atoms. The van der Waals surface area contributed by atoms with E-state index in [9.17, 15) is 9.90 Å². The Balaban J connectivity index is 0.00000220. The number of carbonyl (C=O) groups excluding carboxylic acids is 1. The minimum atomic E-state index is -0.844. The molecule has 0 heterocycles. The number of carbonyl (C=O) groups is 1. The van der Waals surface area contributed by atoms with Gasteiger partial charge in [-0.3, -0.25) is 4.79 Å². The van der Waals surface area contributed by atoms with Gasteiger partial charge in [-0.25, -0.2) is 0 Å². The van der Waals surface area contributed by atoms with Gasteiger partial charge in [0.25, 0.3) is 0 Å². The monoisotopic (exact) mass is 311 g/mol. The molecule has 4 nitrogen and oxygen atoms in total. The number of fused-ring (bicyclic) bond motifs is 1. The molecule has 0 saturated carbocycles. The molecule has 0 saturated heterocycles. The Hall–Kier alpha value is -1.36. The zero-order valence-corrected chi connectivity index (χ0v) is 13.4. The van der Waals surface area contributed by atoms with E-state index in [-0.39, 0.29) is 23.9 Å². The van der Waals surface area contributed by atoms with Gasteiger partial charge in [-0.2, -0.15) is 5.48 Å². The summed E-state index contributed by atoms with van der Waals surface area (Å²) in [5, 5.41) is 10.4. The van der Waals surface area contributed by atoms with Crippen LogP contribution in [0.4, 0.5) is 0 Å². The van der Waals surface area contributed by atoms with Crippen molar-refractivity contribution in [3.8, 4) is 0 Å². The maximum atomic E-state index is 12.0. The van der Waals surface area contributed by atoms with Gasteiger partial charge in [-0.05, 0) is 24.3 Å². The van der Waals surface area contributed by atoms with Gasteiger partial charge < -0.3 is 9.94 Å². The Morgan fingerprint density at radius 3 is 2.62 bits per heavy atom. The summed E-state index contributed by atoms with van der Waals surface area (Å²) in [6, 6.07) is 7.34. The van der Waals surface area contributed by atoms with Crippen LogP contribution in [0.1, 0.15) is 42.6 Å². The molecule has 0 amide bonds. The number of nitrogens with one attached hydrogen (secondary N) is 1. The third-order valence-corrected chi connectivity index (χ3v) is 3.73. The molecule has 0 fully saturated rings. The average Bonchev–Trinajstić information content (AvgIpc) is 2.42. The molecule has 116 valence electrons. The van der Waals surface area contributed by atoms with Crippen LogP contribution in [0.15, 0.2) is 36.1 Å². The fraction of sp³-hybridized carbons (Fsp3) is 0.438. The summed E-state index contributed by atoms with van der Waals surface area (Å²) in [5.41, 5.74) is 3.45. The lowest BCUT2D eigenvalue weighted by molar-refractivity contribution is 0.000678. The smallest absolute Gasteiger partial charge is 0.189 e. The lowest BCUT2D eigenvalue weighted by atomic mass is 9.76. The summed E-state index contributed by atoms with van der Waals surface area (Å²) < 4.78 is 0. The van der Waals surface area contributed by atoms with Crippen LogP contribution in [-0.2, 0) is 10.4 Å². The van der Waals surface area contributed by atoms with Crippen molar-refractivity contribution in [3.63, 3.8) is 0 Å². The van der Waals surface area contributed by atoms with E-state index in [2.05, 4.69) is 19.3 Å². The number of hydrogen-bond acceptors (Lipinski definition) is 4. The number of benzene rings is 1. The first-order chi connectivity index (χ1) is 9.51. The van der Waals surface area contributed by atoms with Crippen molar-refractivity contribution in [1.82, 2.24) is 5.48 Å². The van der Waals surface area contributed by atoms with Crippen LogP contribution in [0.25, 0.3) is 0 Å². The molecular weight excluding hydrogens is 290 g/mol. The first-order valence-corrected chi connectivity index (χ1v) is 6.86. The molecule has 1 aromatic carbocycles. The molecule has 1 aromatic rings. The topological polar surface area (TPSA) is 58.6 Å². The van der Waals surface area contributed by atoms with Crippen molar-refractivity contribution in [2.45, 2.75) is 32.2 Å². The van der Waals surface area contributed by atoms with Gasteiger partial charge in [-0.15, -0.1) is 12.4 Å². The summed E-state index contributed by atoms with van der Waals surface area (Å²) in [6.45, 7) is 4.25. The van der Waals surface area contributed by atoms with Crippen molar-refractivity contribution in [2.24, 2.45) is 5.92 Å². The fourth-order valence-corrected chi connectivity index (χ4v) is 2.63. The average molecular weight is 312 g/mol. The second kappa shape index (κ2) is 7.07. The first kappa shape index (κ1) is 17.7. The normalized spacial score (nSPS) is 20.8. The Labute approximate surface area is 131 Å². The summed E-state index contributed by atoms with van der Waals surface area (Å²) in [6.07, 6.45) is 2.84. The van der Waals surface area contributed by atoms with Crippen molar-refractivity contribution in [2.75, 3.05) is 7.11 Å². The zero-order valence-electron chi connectivity index (χ0n) is 12.6. The van der Waals surface area contributed by atoms with Crippen molar-refractivity contribution in [1.29, 1.82) is 0 Å². The van der Waals surface area contributed by atoms with Gasteiger partial charge >= 0.3 is 0 Å². The third kappa shape index (κ3) is 3.28. The summed E-state index contributed by atoms with van der Waals surface area (Å²) in [7, 11) is 1.52. The van der Waals surface area contributed by atoms with E-state index in [0.717, 1.165) is 12.0 Å². The number of aliphatic hydroxyl groups excluding tert-OH is 1. The number of aliphatic hydroxyl groups is 1. The van der Waals surface area contributed by atoms with Gasteiger partial charge in [0.2, 0.25) is 0 Å². The van der Waals surface area contributed by atoms with Gasteiger partial charge in [0.05, 0.1) is 7.11 Å². The lowest BCUT2D eigenvalue weighted by Gasteiger charge is -2.37. The molecule has 0 unspecified atom stereocenters. The van der Waals surface area contributed by atoms with Crippen LogP contribution in [-0.4, -0.2) is 18.0 Å². The largest absolute Gasteiger partial charge is 0.510 e. The van der Waals surface area contributed by atoms with E-state index >= 15 is 0 Å². The number of ketones is 1. The second-order valence-corrected chi connectivity index (χ2v) is 5.58. The van der Waals surface area contributed by atoms with Gasteiger partial charge in [-0.1, -0.05) is 38.1 Å². The van der Waals surface area contributed by atoms with Crippen LogP contribution in [0.5, 0.6) is 0 Å². The molecule has 1 atom stereocenters. The quantitative estimate of drug-likeness (QED) is 0.817. The van der Waals surface area contributed by atoms with Gasteiger partial charge in [0.15, 0.2) is 5.78 Å². The van der Waals surface area contributed by atoms with Crippen LogP contribution >= 0.6 is 12.4 Å². The Morgan fingerprint density at radius 1 is 1.33 bits per heavy atom. The summed E-state index contributed by atoms with van der Waals surface area (Å²) in [4.78, 5) is 17.1. The SMILES string of the molecule is CON[C@@]1(CCC(C)C)C(O)=CC(=O)c2ccccc21.Cl. The van der Waals surface area contributed by atoms with Crippen LogP contribution in [0, 0.1) is 5.92 Å². The number of hydroxylamine groups is 1. The van der Waals surface area contributed by atoms with E-state index in [1.807, 2.05) is 18.2 Å². The zero-order chi connectivity index (χ0) is 14.8. The molecule has 0 bridgehead atoms. The molecule has 5 heteroatoms. The second-order valence-electron chi connectivity index (χ2n) is 5.58. The van der Waals surface area contributed by atoms with Crippen LogP contribution < -0.4 is 5.48 Å². The minimum Gasteiger partial charge on any atom is -0.510 e. The summed E-state index contributed by atoms with van der Waals surface area (Å²) >= 11 is 0. The van der Waals surface area contributed by atoms with E-state index in [0.29, 0.717) is 17.9 Å². The molecule has 2 rings (SSSR count). The Morgan fingerprint density at radius 2 is 2.00 bits per heavy atom. The highest BCUT2D eigenvalue weighted by molar-refractivity contribution is 6.07. The number of halogens is 1. The van der Waals surface area contributed by atoms with Gasteiger partial charge in [0.1, 0.15) is 11.3 Å². The molecule has 0 spiro atoms. The van der Waals surface area contributed by atoms with Crippen LogP contribution in [0.2, 0.25) is 0 Å². The maximum absolute atomic E-state index is 12.0. The number of allylic oxidation sites excluding steroid dienone is 1. The number of hydrogen-bond donors (Lipinski definition) is 2. The fourth-order valence-electron chi connectivity index (χ4n) is 2.63. The highest BCUT2D eigenvalue weighted by atomic mass is 35.5. The Bertz CT molecular complexity index is 542. The first-order valence-electron chi connectivity index (χ1n) is 6.86. The lowest BCUT2D eigenvalue weighted by Crippen LogP contribution is -2.46. The molecule has 1 aliphatic carbocycles. The van der Waals surface area contributed by atoms with E-state index < -0.39 is 5.54 Å². The predicted molar refractivity (Wildman–Crippen MR) is 84.6 cm³/mol. The van der Waals surface area contributed by atoms with Crippen molar-refractivity contribution < 1.29 is 14.7 Å². The minimum absolute atomic E-state index is 0.